The minimum atomic E-state index is -0.520. The second-order valence-corrected chi connectivity index (χ2v) is 6.14. The van der Waals surface area contributed by atoms with Gasteiger partial charge in [-0.1, -0.05) is 37.3 Å². The monoisotopic (exact) mass is 343 g/mol. The molecule has 1 amide bonds. The molecule has 1 heterocycles. The van der Waals surface area contributed by atoms with Crippen LogP contribution in [-0.2, 0) is 16.1 Å². The van der Waals surface area contributed by atoms with Crippen molar-refractivity contribution in [2.45, 2.75) is 46.7 Å². The highest BCUT2D eigenvalue weighted by atomic mass is 16.5. The van der Waals surface area contributed by atoms with Crippen LogP contribution >= 0.6 is 0 Å². The molecule has 1 N–H and O–H groups in total. The third kappa shape index (κ3) is 4.92. The quantitative estimate of drug-likeness (QED) is 0.784. The molecule has 0 radical (unpaired) electrons. The first-order valence-electron chi connectivity index (χ1n) is 8.46. The number of nitrogens with zero attached hydrogens (tertiary/aromatic N) is 2. The Morgan fingerprint density at radius 1 is 1.24 bits per heavy atom. The molecule has 6 nitrogen and oxygen atoms in total. The molecule has 0 bridgehead atoms. The maximum atomic E-state index is 12.4. The van der Waals surface area contributed by atoms with Crippen molar-refractivity contribution < 1.29 is 14.3 Å². The van der Waals surface area contributed by atoms with Crippen molar-refractivity contribution in [1.82, 2.24) is 15.1 Å². The smallest absolute Gasteiger partial charge is 0.342 e. The number of benzene rings is 1. The van der Waals surface area contributed by atoms with E-state index in [-0.39, 0.29) is 18.6 Å². The van der Waals surface area contributed by atoms with Gasteiger partial charge in [-0.3, -0.25) is 9.48 Å². The fraction of sp³-hybridized carbons (Fsp3) is 0.421. The molecule has 6 heteroatoms. The summed E-state index contributed by atoms with van der Waals surface area (Å²) in [6.07, 6.45) is 0.824. The zero-order chi connectivity index (χ0) is 18.4. The predicted molar refractivity (Wildman–Crippen MR) is 95.4 cm³/mol. The van der Waals surface area contributed by atoms with Crippen molar-refractivity contribution in [2.75, 3.05) is 6.61 Å². The molecule has 0 aliphatic carbocycles. The van der Waals surface area contributed by atoms with Gasteiger partial charge in [0, 0.05) is 6.04 Å². The van der Waals surface area contributed by atoms with Crippen LogP contribution in [0, 0.1) is 13.8 Å². The van der Waals surface area contributed by atoms with Crippen LogP contribution in [0.25, 0.3) is 0 Å². The molecule has 25 heavy (non-hydrogen) atoms. The Morgan fingerprint density at radius 2 is 1.92 bits per heavy atom. The Kier molecular flexibility index (Phi) is 6.33. The number of hydrogen-bond acceptors (Lipinski definition) is 4. The van der Waals surface area contributed by atoms with Crippen molar-refractivity contribution in [3.05, 3.63) is 52.8 Å². The average molecular weight is 343 g/mol. The number of carbonyl (C=O) groups excluding carboxylic acids is 2. The van der Waals surface area contributed by atoms with Crippen LogP contribution in [0.1, 0.15) is 47.6 Å². The summed E-state index contributed by atoms with van der Waals surface area (Å²) in [4.78, 5) is 24.1. The molecular weight excluding hydrogens is 318 g/mol. The second kappa shape index (κ2) is 8.46. The first kappa shape index (κ1) is 18.7. The van der Waals surface area contributed by atoms with Gasteiger partial charge in [-0.05, 0) is 32.8 Å². The standard InChI is InChI=1S/C19H25N3O3/c1-5-13(2)20-17(23)12-25-19(24)18-14(3)21-22(15(18)4)11-16-9-7-6-8-10-16/h6-10,13H,5,11-12H2,1-4H3,(H,20,23)/t13-/m1/s1. The van der Waals surface area contributed by atoms with E-state index in [0.29, 0.717) is 17.8 Å². The van der Waals surface area contributed by atoms with E-state index in [1.165, 1.54) is 0 Å². The lowest BCUT2D eigenvalue weighted by Crippen LogP contribution is -2.35. The van der Waals surface area contributed by atoms with Crippen molar-refractivity contribution >= 4 is 11.9 Å². The highest BCUT2D eigenvalue weighted by molar-refractivity contribution is 5.93. The van der Waals surface area contributed by atoms with Crippen molar-refractivity contribution in [3.8, 4) is 0 Å². The van der Waals surface area contributed by atoms with Crippen LogP contribution < -0.4 is 5.32 Å². The van der Waals surface area contributed by atoms with E-state index in [2.05, 4.69) is 10.4 Å². The van der Waals surface area contributed by atoms with Gasteiger partial charge in [0.05, 0.1) is 17.9 Å². The molecule has 0 fully saturated rings. The van der Waals surface area contributed by atoms with Gasteiger partial charge in [-0.15, -0.1) is 0 Å². The van der Waals surface area contributed by atoms with Crippen LogP contribution in [-0.4, -0.2) is 34.3 Å². The van der Waals surface area contributed by atoms with E-state index in [9.17, 15) is 9.59 Å². The summed E-state index contributed by atoms with van der Waals surface area (Å²) in [5, 5.41) is 7.20. The molecular formula is C19H25N3O3. The topological polar surface area (TPSA) is 73.2 Å². The molecule has 2 aromatic rings. The summed E-state index contributed by atoms with van der Waals surface area (Å²) in [7, 11) is 0. The molecule has 2 rings (SSSR count). The Labute approximate surface area is 148 Å². The summed E-state index contributed by atoms with van der Waals surface area (Å²) in [6.45, 7) is 7.77. The van der Waals surface area contributed by atoms with Gasteiger partial charge in [0.25, 0.3) is 5.91 Å². The van der Waals surface area contributed by atoms with E-state index in [0.717, 1.165) is 17.7 Å². The number of aryl methyl sites for hydroxylation is 1. The number of rotatable bonds is 7. The highest BCUT2D eigenvalue weighted by Gasteiger charge is 2.21. The molecule has 0 aliphatic heterocycles. The SMILES string of the molecule is CC[C@@H](C)NC(=O)COC(=O)c1c(C)nn(Cc2ccccc2)c1C. The zero-order valence-electron chi connectivity index (χ0n) is 15.2. The third-order valence-corrected chi connectivity index (χ3v) is 4.11. The van der Waals surface area contributed by atoms with Crippen LogP contribution in [0.15, 0.2) is 30.3 Å². The van der Waals surface area contributed by atoms with Gasteiger partial charge in [-0.2, -0.15) is 5.10 Å². The average Bonchev–Trinajstić information content (AvgIpc) is 2.87. The third-order valence-electron chi connectivity index (χ3n) is 4.11. The summed E-state index contributed by atoms with van der Waals surface area (Å²) >= 11 is 0. The fourth-order valence-electron chi connectivity index (χ4n) is 2.52. The van der Waals surface area contributed by atoms with Gasteiger partial charge in [0.15, 0.2) is 6.61 Å². The van der Waals surface area contributed by atoms with E-state index in [1.54, 1.807) is 11.6 Å². The molecule has 1 aromatic heterocycles. The molecule has 0 aliphatic rings. The minimum absolute atomic E-state index is 0.0586. The van der Waals surface area contributed by atoms with Crippen molar-refractivity contribution in [1.29, 1.82) is 0 Å². The summed E-state index contributed by atoms with van der Waals surface area (Å²) in [6, 6.07) is 9.96. The van der Waals surface area contributed by atoms with Crippen molar-refractivity contribution in [3.63, 3.8) is 0 Å². The Balaban J connectivity index is 2.04. The van der Waals surface area contributed by atoms with Crippen LogP contribution in [0.3, 0.4) is 0 Å². The van der Waals surface area contributed by atoms with E-state index in [4.69, 9.17) is 4.74 Å². The molecule has 134 valence electrons. The number of ether oxygens (including phenoxy) is 1. The largest absolute Gasteiger partial charge is 0.452 e. The molecule has 0 saturated carbocycles. The minimum Gasteiger partial charge on any atom is -0.452 e. The van der Waals surface area contributed by atoms with Gasteiger partial charge < -0.3 is 10.1 Å². The first-order chi connectivity index (χ1) is 11.9. The maximum Gasteiger partial charge on any atom is 0.342 e. The van der Waals surface area contributed by atoms with Gasteiger partial charge in [0.2, 0.25) is 0 Å². The second-order valence-electron chi connectivity index (χ2n) is 6.14. The van der Waals surface area contributed by atoms with E-state index in [1.807, 2.05) is 51.1 Å². The van der Waals surface area contributed by atoms with Gasteiger partial charge >= 0.3 is 5.97 Å². The molecule has 0 saturated heterocycles. The number of esters is 1. The lowest BCUT2D eigenvalue weighted by Gasteiger charge is -2.11. The number of amides is 1. The van der Waals surface area contributed by atoms with Crippen LogP contribution in [0.5, 0.6) is 0 Å². The summed E-state index contributed by atoms with van der Waals surface area (Å²) < 4.78 is 6.93. The van der Waals surface area contributed by atoms with Gasteiger partial charge in [-0.25, -0.2) is 4.79 Å². The molecule has 0 spiro atoms. The van der Waals surface area contributed by atoms with Crippen molar-refractivity contribution in [2.24, 2.45) is 0 Å². The van der Waals surface area contributed by atoms with E-state index < -0.39 is 5.97 Å². The molecule has 0 unspecified atom stereocenters. The lowest BCUT2D eigenvalue weighted by atomic mass is 10.2. The summed E-state index contributed by atoms with van der Waals surface area (Å²) in [5.74, 6) is -0.816. The summed E-state index contributed by atoms with van der Waals surface area (Å²) in [5.41, 5.74) is 2.85. The first-order valence-corrected chi connectivity index (χ1v) is 8.46. The maximum absolute atomic E-state index is 12.4. The Hall–Kier alpha value is -2.63. The predicted octanol–water partition coefficient (Wildman–Crippen LogP) is 2.62. The molecule has 1 aromatic carbocycles. The van der Waals surface area contributed by atoms with Crippen LogP contribution in [0.4, 0.5) is 0 Å². The number of hydrogen-bond donors (Lipinski definition) is 1. The normalized spacial score (nSPS) is 11.8. The number of carbonyl (C=O) groups is 2. The lowest BCUT2D eigenvalue weighted by molar-refractivity contribution is -0.124. The molecule has 1 atom stereocenters. The number of nitrogens with one attached hydrogen (secondary N) is 1. The van der Waals surface area contributed by atoms with Gasteiger partial charge in [0.1, 0.15) is 5.56 Å². The number of aromatic nitrogens is 2. The van der Waals surface area contributed by atoms with E-state index >= 15 is 0 Å². The Bertz CT molecular complexity index is 738. The van der Waals surface area contributed by atoms with Crippen LogP contribution in [0.2, 0.25) is 0 Å². The zero-order valence-corrected chi connectivity index (χ0v) is 15.2. The Morgan fingerprint density at radius 3 is 2.56 bits per heavy atom. The fourth-order valence-corrected chi connectivity index (χ4v) is 2.52. The highest BCUT2D eigenvalue weighted by Crippen LogP contribution is 2.16.